The molecule has 2 rings (SSSR count). The van der Waals surface area contributed by atoms with E-state index in [1.54, 1.807) is 12.4 Å². The lowest BCUT2D eigenvalue weighted by atomic mass is 10.6. The Kier molecular flexibility index (Phi) is 1.66. The van der Waals surface area contributed by atoms with E-state index in [1.807, 2.05) is 21.8 Å². The lowest BCUT2D eigenvalue weighted by molar-refractivity contribution is -0.959. The van der Waals surface area contributed by atoms with E-state index in [9.17, 15) is 0 Å². The van der Waals surface area contributed by atoms with Crippen molar-refractivity contribution in [3.63, 3.8) is 0 Å². The molecule has 0 aliphatic carbocycles. The first kappa shape index (κ1) is 7.66. The minimum Gasteiger partial charge on any atom is -0.392 e. The minimum atomic E-state index is 0.633. The molecule has 0 saturated carbocycles. The van der Waals surface area contributed by atoms with Crippen LogP contribution in [0.15, 0.2) is 24.8 Å². The van der Waals surface area contributed by atoms with Crippen LogP contribution in [0.3, 0.4) is 0 Å². The lowest BCUT2D eigenvalue weighted by Crippen LogP contribution is -2.53. The van der Waals surface area contributed by atoms with Crippen molar-refractivity contribution in [2.24, 2.45) is 0 Å². The first-order valence-corrected chi connectivity index (χ1v) is 3.91. The third kappa shape index (κ3) is 1.61. The maximum absolute atomic E-state index is 5.54. The molecule has 6 heteroatoms. The van der Waals surface area contributed by atoms with Crippen LogP contribution in [0.4, 0.5) is 11.4 Å². The Hall–Kier alpha value is -1.98. The van der Waals surface area contributed by atoms with Crippen molar-refractivity contribution in [3.05, 3.63) is 24.8 Å². The number of aromatic nitrogens is 4. The average Bonchev–Trinajstić information content (AvgIpc) is 2.62. The normalized spacial score (nSPS) is 10.5. The molecule has 0 aliphatic rings. The Morgan fingerprint density at radius 3 is 1.77 bits per heavy atom. The van der Waals surface area contributed by atoms with E-state index in [4.69, 9.17) is 11.5 Å². The van der Waals surface area contributed by atoms with Gasteiger partial charge in [0.05, 0.1) is 12.4 Å². The van der Waals surface area contributed by atoms with Crippen LogP contribution in [0.5, 0.6) is 0 Å². The summed E-state index contributed by atoms with van der Waals surface area (Å²) in [5.41, 5.74) is 12.5. The van der Waals surface area contributed by atoms with Crippen molar-refractivity contribution >= 4 is 11.4 Å². The molecule has 68 valence electrons. The van der Waals surface area contributed by atoms with Crippen LogP contribution in [0.2, 0.25) is 0 Å². The third-order valence-electron chi connectivity index (χ3n) is 1.71. The van der Waals surface area contributed by atoms with Crippen LogP contribution >= 0.6 is 0 Å². The fourth-order valence-electron chi connectivity index (χ4n) is 1.15. The van der Waals surface area contributed by atoms with Gasteiger partial charge in [-0.3, -0.25) is 0 Å². The molecule has 0 bridgehead atoms. The Balaban J connectivity index is 2.14. The van der Waals surface area contributed by atoms with Crippen LogP contribution in [0.25, 0.3) is 0 Å². The fourth-order valence-corrected chi connectivity index (χ4v) is 1.15. The number of H-pyrrole nitrogens is 2. The van der Waals surface area contributed by atoms with Gasteiger partial charge >= 0.3 is 6.67 Å². The first-order valence-electron chi connectivity index (χ1n) is 3.91. The lowest BCUT2D eigenvalue weighted by Gasteiger charge is -1.82. The largest absolute Gasteiger partial charge is 0.392 e. The van der Waals surface area contributed by atoms with E-state index < -0.39 is 0 Å². The van der Waals surface area contributed by atoms with Crippen LogP contribution < -0.4 is 20.8 Å². The Morgan fingerprint density at radius 1 is 1.00 bits per heavy atom. The second kappa shape index (κ2) is 2.81. The molecule has 0 spiro atoms. The molecule has 2 heterocycles. The van der Waals surface area contributed by atoms with Crippen molar-refractivity contribution in [2.75, 3.05) is 11.5 Å². The van der Waals surface area contributed by atoms with Crippen molar-refractivity contribution in [1.82, 2.24) is 10.2 Å². The maximum atomic E-state index is 5.54. The molecule has 0 amide bonds. The van der Waals surface area contributed by atoms with Crippen LogP contribution in [-0.4, -0.2) is 10.2 Å². The smallest absolute Gasteiger partial charge is 0.386 e. The molecule has 0 fully saturated rings. The number of nitrogens with one attached hydrogen (secondary N) is 2. The third-order valence-corrected chi connectivity index (χ3v) is 1.71. The van der Waals surface area contributed by atoms with Crippen molar-refractivity contribution in [1.29, 1.82) is 0 Å². The summed E-state index contributed by atoms with van der Waals surface area (Å²) in [5, 5.41) is 5.95. The van der Waals surface area contributed by atoms with Gasteiger partial charge in [-0.05, 0) is 0 Å². The minimum absolute atomic E-state index is 0.633. The number of hydrogen-bond acceptors (Lipinski definition) is 2. The topological polar surface area (TPSA) is 91.4 Å². The molecule has 13 heavy (non-hydrogen) atoms. The van der Waals surface area contributed by atoms with Crippen LogP contribution in [-0.2, 0) is 6.67 Å². The van der Waals surface area contributed by atoms with Gasteiger partial charge in [-0.2, -0.15) is 10.2 Å². The predicted octanol–water partition coefficient (Wildman–Crippen LogP) is -1.41. The zero-order chi connectivity index (χ0) is 9.26. The highest BCUT2D eigenvalue weighted by atomic mass is 15.4. The first-order chi connectivity index (χ1) is 6.24. The van der Waals surface area contributed by atoms with Gasteiger partial charge in [0.15, 0.2) is 0 Å². The van der Waals surface area contributed by atoms with Gasteiger partial charge in [0, 0.05) is 0 Å². The molecule has 6 N–H and O–H groups in total. The molecule has 2 aromatic rings. The molecular weight excluding hydrogens is 168 g/mol. The van der Waals surface area contributed by atoms with E-state index >= 15 is 0 Å². The highest BCUT2D eigenvalue weighted by Gasteiger charge is 2.11. The summed E-state index contributed by atoms with van der Waals surface area (Å²) < 4.78 is 3.68. The second-order valence-corrected chi connectivity index (χ2v) is 2.89. The van der Waals surface area contributed by atoms with Crippen LogP contribution in [0, 0.1) is 0 Å². The molecule has 2 aromatic heterocycles. The number of nitrogens with two attached hydrogens (primary N) is 2. The molecule has 0 aromatic carbocycles. The molecule has 0 saturated heterocycles. The van der Waals surface area contributed by atoms with E-state index in [0.29, 0.717) is 18.0 Å². The van der Waals surface area contributed by atoms with Gasteiger partial charge in [-0.25, -0.2) is 0 Å². The molecule has 0 unspecified atom stereocenters. The quantitative estimate of drug-likeness (QED) is 0.427. The zero-order valence-corrected chi connectivity index (χ0v) is 7.07. The summed E-state index contributed by atoms with van der Waals surface area (Å²) in [6, 6.07) is 0. The van der Waals surface area contributed by atoms with Gasteiger partial charge in [0.2, 0.25) is 12.4 Å². The summed E-state index contributed by atoms with van der Waals surface area (Å²) in [4.78, 5) is 0. The Morgan fingerprint density at radius 2 is 1.46 bits per heavy atom. The van der Waals surface area contributed by atoms with Gasteiger partial charge in [-0.1, -0.05) is 9.36 Å². The van der Waals surface area contributed by atoms with E-state index in [1.165, 1.54) is 0 Å². The van der Waals surface area contributed by atoms with E-state index in [0.717, 1.165) is 0 Å². The molecule has 6 nitrogen and oxygen atoms in total. The van der Waals surface area contributed by atoms with Gasteiger partial charge in [0.1, 0.15) is 11.4 Å². The highest BCUT2D eigenvalue weighted by Crippen LogP contribution is 1.91. The zero-order valence-electron chi connectivity index (χ0n) is 7.07. The second-order valence-electron chi connectivity index (χ2n) is 2.89. The number of rotatable bonds is 2. The van der Waals surface area contributed by atoms with Crippen molar-refractivity contribution in [2.45, 2.75) is 6.67 Å². The predicted molar refractivity (Wildman–Crippen MR) is 46.2 cm³/mol. The summed E-state index contributed by atoms with van der Waals surface area (Å²) in [6.45, 7) is 0.633. The summed E-state index contributed by atoms with van der Waals surface area (Å²) in [7, 11) is 0. The number of hydrogen-bond donors (Lipinski definition) is 4. The van der Waals surface area contributed by atoms with Crippen molar-refractivity contribution in [3.8, 4) is 0 Å². The molecule has 0 aliphatic heterocycles. The van der Waals surface area contributed by atoms with E-state index in [2.05, 4.69) is 10.2 Å². The monoisotopic (exact) mass is 180 g/mol. The standard InChI is InChI=1S/C7H10N6/c8-6-1-10-12(3-6)5-13-4-7(9)2-11-13/h1-4H,5,8-9H2/p+2. The Labute approximate surface area is 74.7 Å². The fraction of sp³-hybridized carbons (Fsp3) is 0.143. The summed E-state index contributed by atoms with van der Waals surface area (Å²) in [5.74, 6) is 0. The number of nitrogen functional groups attached to an aromatic ring is 2. The SMILES string of the molecule is Nc1c[nH][n+](C[n+]2cc(N)c[nH]2)c1. The van der Waals surface area contributed by atoms with Crippen molar-refractivity contribution < 1.29 is 9.36 Å². The molecule has 0 atom stereocenters. The Bertz CT molecular complexity index is 362. The van der Waals surface area contributed by atoms with Gasteiger partial charge < -0.3 is 11.5 Å². The summed E-state index contributed by atoms with van der Waals surface area (Å²) >= 11 is 0. The van der Waals surface area contributed by atoms with Crippen LogP contribution in [0.1, 0.15) is 0 Å². The summed E-state index contributed by atoms with van der Waals surface area (Å²) in [6.07, 6.45) is 7.08. The number of aromatic amines is 2. The van der Waals surface area contributed by atoms with Gasteiger partial charge in [0.25, 0.3) is 0 Å². The van der Waals surface area contributed by atoms with E-state index in [-0.39, 0.29) is 0 Å². The highest BCUT2D eigenvalue weighted by molar-refractivity contribution is 5.27. The molecule has 0 radical (unpaired) electrons. The number of nitrogens with zero attached hydrogens (tertiary/aromatic N) is 2. The maximum Gasteiger partial charge on any atom is 0.386 e. The molecular formula is C7H12N6+2. The number of anilines is 2. The average molecular weight is 180 g/mol. The van der Waals surface area contributed by atoms with Gasteiger partial charge in [-0.15, -0.1) is 0 Å².